The first-order chi connectivity index (χ1) is 21.9. The molecule has 4 aromatic carbocycles. The molecule has 1 atom stereocenters. The van der Waals surface area contributed by atoms with E-state index in [0.717, 1.165) is 45.3 Å². The number of fused-ring (bicyclic) bond motifs is 5. The van der Waals surface area contributed by atoms with E-state index in [2.05, 4.69) is 23.5 Å². The quantitative estimate of drug-likeness (QED) is 0.149. The maximum Gasteiger partial charge on any atom is 0.269 e. The Kier molecular flexibility index (Phi) is 8.54. The van der Waals surface area contributed by atoms with Gasteiger partial charge in [0.25, 0.3) is 5.69 Å². The number of ketones is 1. The third-order valence-electron chi connectivity index (χ3n) is 8.45. The maximum atomic E-state index is 14.6. The first-order valence-corrected chi connectivity index (χ1v) is 15.1. The highest BCUT2D eigenvalue weighted by molar-refractivity contribution is 6.25. The summed E-state index contributed by atoms with van der Waals surface area (Å²) in [7, 11) is 0. The van der Waals surface area contributed by atoms with Gasteiger partial charge in [0.1, 0.15) is 11.9 Å². The van der Waals surface area contributed by atoms with E-state index in [9.17, 15) is 19.3 Å². The van der Waals surface area contributed by atoms with E-state index in [1.807, 2.05) is 61.7 Å². The van der Waals surface area contributed by atoms with Crippen LogP contribution in [0.15, 0.2) is 91.1 Å². The molecule has 0 spiro atoms. The Bertz CT molecular complexity index is 2120. The summed E-state index contributed by atoms with van der Waals surface area (Å²) < 4.78 is 20.7. The SMILES string of the molecule is C1=CNc2ccccc2C=C1.CCOC1C=c2c(F)cccc2=c2ccc3c(c21)CCCC=3C(=O)c1ccc([N+](=O)[O-])cc1C. The molecule has 0 amide bonds. The number of benzene rings is 4. The molecular formula is C38H33FN2O4. The molecule has 0 bridgehead atoms. The summed E-state index contributed by atoms with van der Waals surface area (Å²) in [5, 5.41) is 17.5. The Hall–Kier alpha value is -5.14. The number of Topliss-reactive ketones (excluding diaryl/α,β-unsaturated/α-hetero) is 1. The van der Waals surface area contributed by atoms with E-state index in [1.165, 1.54) is 23.8 Å². The molecule has 0 fully saturated rings. The number of nitrogens with zero attached hydrogens (tertiary/aromatic N) is 1. The molecule has 4 aromatic rings. The normalized spacial score (nSPS) is 15.5. The van der Waals surface area contributed by atoms with Crippen LogP contribution in [0.4, 0.5) is 15.8 Å². The van der Waals surface area contributed by atoms with Crippen LogP contribution >= 0.6 is 0 Å². The fourth-order valence-electron chi connectivity index (χ4n) is 6.38. The van der Waals surface area contributed by atoms with Gasteiger partial charge in [0, 0.05) is 47.0 Å². The molecule has 0 saturated heterocycles. The largest absolute Gasteiger partial charge is 0.370 e. The highest BCUT2D eigenvalue weighted by Crippen LogP contribution is 2.31. The van der Waals surface area contributed by atoms with Crippen LogP contribution in [0.25, 0.3) is 17.7 Å². The van der Waals surface area contributed by atoms with Crippen molar-refractivity contribution < 1.29 is 18.8 Å². The van der Waals surface area contributed by atoms with Crippen LogP contribution in [0.2, 0.25) is 0 Å². The van der Waals surface area contributed by atoms with Crippen LogP contribution in [0.3, 0.4) is 0 Å². The van der Waals surface area contributed by atoms with Crippen LogP contribution in [-0.2, 0) is 11.2 Å². The first-order valence-electron chi connectivity index (χ1n) is 15.1. The highest BCUT2D eigenvalue weighted by atomic mass is 19.1. The Labute approximate surface area is 260 Å². The predicted molar refractivity (Wildman–Crippen MR) is 175 cm³/mol. The van der Waals surface area contributed by atoms with Crippen molar-refractivity contribution in [3.8, 4) is 0 Å². The van der Waals surface area contributed by atoms with Gasteiger partial charge in [-0.05, 0) is 101 Å². The lowest BCUT2D eigenvalue weighted by molar-refractivity contribution is -0.384. The summed E-state index contributed by atoms with van der Waals surface area (Å²) in [6, 6.07) is 21.6. The molecule has 1 unspecified atom stereocenters. The number of halogens is 1. The molecule has 1 N–H and O–H groups in total. The number of nitro groups is 1. The van der Waals surface area contributed by atoms with Gasteiger partial charge in [-0.15, -0.1) is 0 Å². The number of anilines is 1. The van der Waals surface area contributed by atoms with E-state index in [0.29, 0.717) is 34.9 Å². The maximum absolute atomic E-state index is 14.6. The fourth-order valence-corrected chi connectivity index (χ4v) is 6.38. The lowest BCUT2D eigenvalue weighted by Gasteiger charge is -2.25. The summed E-state index contributed by atoms with van der Waals surface area (Å²) >= 11 is 0. The van der Waals surface area contributed by atoms with E-state index in [4.69, 9.17) is 4.74 Å². The van der Waals surface area contributed by atoms with Crippen molar-refractivity contribution in [3.05, 3.63) is 156 Å². The molecule has 45 heavy (non-hydrogen) atoms. The first kappa shape index (κ1) is 29.9. The monoisotopic (exact) mass is 600 g/mol. The number of carbonyl (C=O) groups excluding carboxylic acids is 1. The number of para-hydroxylation sites is 1. The minimum absolute atomic E-state index is 0.0295. The average Bonchev–Trinajstić information content (AvgIpc) is 3.30. The van der Waals surface area contributed by atoms with Crippen LogP contribution in [0, 0.1) is 33.3 Å². The van der Waals surface area contributed by atoms with Gasteiger partial charge in [0.2, 0.25) is 0 Å². The Morgan fingerprint density at radius 3 is 2.62 bits per heavy atom. The van der Waals surface area contributed by atoms with Crippen molar-refractivity contribution in [2.45, 2.75) is 39.2 Å². The van der Waals surface area contributed by atoms with Gasteiger partial charge in [-0.2, -0.15) is 0 Å². The number of carbonyl (C=O) groups is 1. The predicted octanol–water partition coefficient (Wildman–Crippen LogP) is 7.21. The summed E-state index contributed by atoms with van der Waals surface area (Å²) in [6.45, 7) is 4.12. The molecule has 7 heteroatoms. The van der Waals surface area contributed by atoms with E-state index in [-0.39, 0.29) is 17.3 Å². The molecule has 1 aliphatic heterocycles. The highest BCUT2D eigenvalue weighted by Gasteiger charge is 2.26. The number of non-ortho nitro benzene ring substituents is 1. The second kappa shape index (κ2) is 12.8. The number of hydrogen-bond acceptors (Lipinski definition) is 5. The van der Waals surface area contributed by atoms with Gasteiger partial charge < -0.3 is 10.1 Å². The van der Waals surface area contributed by atoms with Gasteiger partial charge in [0.15, 0.2) is 5.78 Å². The number of allylic oxidation sites excluding steroid dienone is 2. The van der Waals surface area contributed by atoms with Crippen LogP contribution in [0.1, 0.15) is 58.5 Å². The van der Waals surface area contributed by atoms with Gasteiger partial charge in [-0.25, -0.2) is 4.39 Å². The van der Waals surface area contributed by atoms with E-state index < -0.39 is 11.0 Å². The number of aryl methyl sites for hydroxylation is 1. The van der Waals surface area contributed by atoms with Gasteiger partial charge in [0.05, 0.1) is 4.92 Å². The zero-order chi connectivity index (χ0) is 31.5. The zero-order valence-corrected chi connectivity index (χ0v) is 25.2. The summed E-state index contributed by atoms with van der Waals surface area (Å²) in [5.41, 5.74) is 6.21. The van der Waals surface area contributed by atoms with Crippen molar-refractivity contribution in [1.29, 1.82) is 0 Å². The standard InChI is InChI=1S/C28H24FNO4.C10H9N/c1-3-34-26-15-24-19(6-5-9-25(24)29)22-13-12-20-21(27(22)26)7-4-8-23(20)28(31)18-11-10-17(30(32)33)14-16(18)2;1-2-7-10-9(5-1)6-3-4-8-11-10/h5-6,9-15,26H,3-4,7-8H2,1-2H3;1-8,11H. The minimum atomic E-state index is -0.457. The Morgan fingerprint density at radius 1 is 1.00 bits per heavy atom. The van der Waals surface area contributed by atoms with Crippen molar-refractivity contribution in [2.24, 2.45) is 0 Å². The minimum Gasteiger partial charge on any atom is -0.370 e. The number of nitro benzene ring substituents is 1. The topological polar surface area (TPSA) is 81.5 Å². The lowest BCUT2D eigenvalue weighted by Crippen LogP contribution is -2.28. The van der Waals surface area contributed by atoms with Crippen molar-refractivity contribution in [1.82, 2.24) is 0 Å². The molecule has 1 heterocycles. The smallest absolute Gasteiger partial charge is 0.269 e. The number of rotatable bonds is 5. The molecule has 7 rings (SSSR count). The van der Waals surface area contributed by atoms with Crippen molar-refractivity contribution in [2.75, 3.05) is 11.9 Å². The molecule has 3 aliphatic rings. The lowest BCUT2D eigenvalue weighted by atomic mass is 9.82. The van der Waals surface area contributed by atoms with Crippen LogP contribution < -0.4 is 15.8 Å². The molecule has 0 aromatic heterocycles. The van der Waals surface area contributed by atoms with Crippen LogP contribution in [-0.4, -0.2) is 17.3 Å². The molecular weight excluding hydrogens is 567 g/mol. The second-order valence-electron chi connectivity index (χ2n) is 11.2. The van der Waals surface area contributed by atoms with E-state index >= 15 is 0 Å². The van der Waals surface area contributed by atoms with E-state index in [1.54, 1.807) is 19.1 Å². The van der Waals surface area contributed by atoms with Gasteiger partial charge in [-0.1, -0.05) is 54.6 Å². The van der Waals surface area contributed by atoms with Crippen molar-refractivity contribution >= 4 is 34.9 Å². The summed E-state index contributed by atoms with van der Waals surface area (Å²) in [5.74, 6) is -0.380. The number of nitrogens with one attached hydrogen (secondary N) is 1. The fraction of sp³-hybridized carbons (Fsp3) is 0.184. The number of ether oxygens (including phenoxy) is 1. The molecule has 226 valence electrons. The molecule has 0 radical (unpaired) electrons. The molecule has 2 aliphatic carbocycles. The Balaban J connectivity index is 0.000000272. The van der Waals surface area contributed by atoms with Gasteiger partial charge >= 0.3 is 0 Å². The molecule has 6 nitrogen and oxygen atoms in total. The number of hydrogen-bond donors (Lipinski definition) is 1. The second-order valence-corrected chi connectivity index (χ2v) is 11.2. The Morgan fingerprint density at radius 2 is 1.82 bits per heavy atom. The van der Waals surface area contributed by atoms with Gasteiger partial charge in [-0.3, -0.25) is 14.9 Å². The average molecular weight is 601 g/mol. The summed E-state index contributed by atoms with van der Waals surface area (Å²) in [6.07, 6.45) is 11.7. The molecule has 0 saturated carbocycles. The van der Waals surface area contributed by atoms with Crippen molar-refractivity contribution in [3.63, 3.8) is 0 Å². The van der Waals surface area contributed by atoms with Crippen LogP contribution in [0.5, 0.6) is 0 Å². The third-order valence-corrected chi connectivity index (χ3v) is 8.45. The summed E-state index contributed by atoms with van der Waals surface area (Å²) in [4.78, 5) is 24.2. The zero-order valence-electron chi connectivity index (χ0n) is 25.2. The third kappa shape index (κ3) is 5.87.